The number of hydrogen-bond acceptors (Lipinski definition) is 4. The molecule has 0 aromatic heterocycles. The third-order valence-corrected chi connectivity index (χ3v) is 4.86. The van der Waals surface area contributed by atoms with Gasteiger partial charge in [0.05, 0.1) is 0 Å². The predicted octanol–water partition coefficient (Wildman–Crippen LogP) is 0.0454. The molecule has 1 atom stereocenters. The van der Waals surface area contributed by atoms with E-state index in [0.29, 0.717) is 0 Å². The Balaban J connectivity index is 1.99. The summed E-state index contributed by atoms with van der Waals surface area (Å²) < 4.78 is 0. The lowest BCUT2D eigenvalue weighted by Crippen LogP contribution is -2.58. The lowest BCUT2D eigenvalue weighted by Gasteiger charge is -2.46. The van der Waals surface area contributed by atoms with Crippen LogP contribution in [0.3, 0.4) is 0 Å². The molecule has 100 valence electrons. The van der Waals surface area contributed by atoms with Gasteiger partial charge in [0.25, 0.3) is 0 Å². The summed E-state index contributed by atoms with van der Waals surface area (Å²) in [6.45, 7) is 5.64. The normalized spacial score (nSPS) is 31.2. The molecule has 0 aromatic rings. The van der Waals surface area contributed by atoms with Gasteiger partial charge in [0.2, 0.25) is 0 Å². The average molecular weight is 240 g/mol. The highest BCUT2D eigenvalue weighted by Crippen LogP contribution is 2.31. The first kappa shape index (κ1) is 13.3. The Morgan fingerprint density at radius 1 is 1.24 bits per heavy atom. The van der Waals surface area contributed by atoms with Gasteiger partial charge >= 0.3 is 0 Å². The molecule has 4 heteroatoms. The molecule has 0 aromatic carbocycles. The van der Waals surface area contributed by atoms with E-state index in [1.54, 1.807) is 0 Å². The molecule has 0 aliphatic carbocycles. The maximum Gasteiger partial charge on any atom is 0.0356 e. The molecule has 2 saturated heterocycles. The summed E-state index contributed by atoms with van der Waals surface area (Å²) in [5.41, 5.74) is 6.40. The molecule has 0 saturated carbocycles. The van der Waals surface area contributed by atoms with Crippen LogP contribution < -0.4 is 5.73 Å². The molecule has 2 rings (SSSR count). The van der Waals surface area contributed by atoms with Crippen LogP contribution in [0.4, 0.5) is 0 Å². The van der Waals surface area contributed by atoms with E-state index in [2.05, 4.69) is 35.8 Å². The third-order valence-electron chi connectivity index (χ3n) is 4.86. The molecule has 2 heterocycles. The molecule has 2 N–H and O–H groups in total. The van der Waals surface area contributed by atoms with Crippen LogP contribution in [0.15, 0.2) is 0 Å². The van der Waals surface area contributed by atoms with Gasteiger partial charge in [0, 0.05) is 31.2 Å². The van der Waals surface area contributed by atoms with Gasteiger partial charge in [-0.3, -0.25) is 4.90 Å². The van der Waals surface area contributed by atoms with Crippen LogP contribution in [0.1, 0.15) is 19.3 Å². The van der Waals surface area contributed by atoms with Crippen molar-refractivity contribution in [3.8, 4) is 0 Å². The van der Waals surface area contributed by atoms with Gasteiger partial charge in [0.15, 0.2) is 0 Å². The number of nitrogens with two attached hydrogens (primary N) is 1. The number of hydrogen-bond donors (Lipinski definition) is 1. The van der Waals surface area contributed by atoms with Crippen molar-refractivity contribution in [2.75, 3.05) is 53.9 Å². The minimum absolute atomic E-state index is 0.289. The summed E-state index contributed by atoms with van der Waals surface area (Å²) in [4.78, 5) is 7.46. The second kappa shape index (κ2) is 5.22. The predicted molar refractivity (Wildman–Crippen MR) is 72.2 cm³/mol. The average Bonchev–Trinajstić information content (AvgIpc) is 2.81. The maximum atomic E-state index is 6.11. The summed E-state index contributed by atoms with van der Waals surface area (Å²) in [6.07, 6.45) is 3.77. The maximum absolute atomic E-state index is 6.11. The van der Waals surface area contributed by atoms with Crippen molar-refractivity contribution in [3.05, 3.63) is 0 Å². The van der Waals surface area contributed by atoms with Crippen LogP contribution in [-0.4, -0.2) is 80.1 Å². The zero-order chi connectivity index (χ0) is 12.5. The van der Waals surface area contributed by atoms with Gasteiger partial charge in [-0.05, 0) is 53.5 Å². The van der Waals surface area contributed by atoms with Crippen molar-refractivity contribution in [2.24, 2.45) is 5.73 Å². The number of nitrogens with zero attached hydrogens (tertiary/aromatic N) is 3. The van der Waals surface area contributed by atoms with Crippen molar-refractivity contribution in [1.82, 2.24) is 14.7 Å². The lowest BCUT2D eigenvalue weighted by atomic mass is 9.86. The molecule has 0 spiro atoms. The smallest absolute Gasteiger partial charge is 0.0356 e. The first-order valence-electron chi connectivity index (χ1n) is 6.87. The van der Waals surface area contributed by atoms with Gasteiger partial charge in [-0.15, -0.1) is 0 Å². The first-order valence-corrected chi connectivity index (χ1v) is 6.87. The third kappa shape index (κ3) is 2.65. The molecule has 2 aliphatic heterocycles. The quantitative estimate of drug-likeness (QED) is 0.756. The molecule has 0 radical (unpaired) electrons. The fraction of sp³-hybridized carbons (Fsp3) is 1.00. The van der Waals surface area contributed by atoms with Crippen molar-refractivity contribution in [1.29, 1.82) is 0 Å². The number of likely N-dealkylation sites (tertiary alicyclic amines) is 2. The zero-order valence-corrected chi connectivity index (χ0v) is 11.7. The highest BCUT2D eigenvalue weighted by Gasteiger charge is 2.41. The Morgan fingerprint density at radius 3 is 2.35 bits per heavy atom. The Kier molecular flexibility index (Phi) is 4.08. The summed E-state index contributed by atoms with van der Waals surface area (Å²) in [6, 6.07) is 0.720. The van der Waals surface area contributed by atoms with E-state index >= 15 is 0 Å². The van der Waals surface area contributed by atoms with E-state index in [1.165, 1.54) is 45.4 Å². The molecule has 4 nitrogen and oxygen atoms in total. The Bertz CT molecular complexity index is 246. The lowest BCUT2D eigenvalue weighted by molar-refractivity contribution is 0.0477. The molecule has 2 aliphatic rings. The van der Waals surface area contributed by atoms with E-state index in [9.17, 15) is 0 Å². The monoisotopic (exact) mass is 240 g/mol. The molecular weight excluding hydrogens is 212 g/mol. The van der Waals surface area contributed by atoms with Crippen molar-refractivity contribution < 1.29 is 0 Å². The second-order valence-corrected chi connectivity index (χ2v) is 6.08. The van der Waals surface area contributed by atoms with Gasteiger partial charge in [0.1, 0.15) is 0 Å². The Labute approximate surface area is 106 Å². The molecule has 0 amide bonds. The van der Waals surface area contributed by atoms with Crippen LogP contribution in [0.5, 0.6) is 0 Å². The van der Waals surface area contributed by atoms with E-state index in [4.69, 9.17) is 5.73 Å². The minimum Gasteiger partial charge on any atom is -0.329 e. The minimum atomic E-state index is 0.289. The van der Waals surface area contributed by atoms with Gasteiger partial charge in [-0.2, -0.15) is 0 Å². The van der Waals surface area contributed by atoms with Crippen LogP contribution in [0.2, 0.25) is 0 Å². The second-order valence-electron chi connectivity index (χ2n) is 6.08. The molecule has 2 fully saturated rings. The van der Waals surface area contributed by atoms with E-state index in [0.717, 1.165) is 12.6 Å². The van der Waals surface area contributed by atoms with E-state index < -0.39 is 0 Å². The molecule has 1 unspecified atom stereocenters. The zero-order valence-electron chi connectivity index (χ0n) is 11.7. The summed E-state index contributed by atoms with van der Waals surface area (Å²) in [5, 5.41) is 0. The number of likely N-dealkylation sites (N-methyl/N-ethyl adjacent to an activating group) is 1. The van der Waals surface area contributed by atoms with Crippen LogP contribution in [0, 0.1) is 0 Å². The fourth-order valence-electron chi connectivity index (χ4n) is 3.28. The first-order chi connectivity index (χ1) is 8.07. The summed E-state index contributed by atoms with van der Waals surface area (Å²) >= 11 is 0. The Hall–Kier alpha value is -0.160. The van der Waals surface area contributed by atoms with Gasteiger partial charge in [-0.25, -0.2) is 0 Å². The van der Waals surface area contributed by atoms with Crippen LogP contribution in [0.25, 0.3) is 0 Å². The van der Waals surface area contributed by atoms with Gasteiger partial charge < -0.3 is 15.5 Å². The fourth-order valence-corrected chi connectivity index (χ4v) is 3.28. The van der Waals surface area contributed by atoms with Crippen LogP contribution in [-0.2, 0) is 0 Å². The highest BCUT2D eigenvalue weighted by molar-refractivity contribution is 4.99. The van der Waals surface area contributed by atoms with E-state index in [-0.39, 0.29) is 5.54 Å². The van der Waals surface area contributed by atoms with Crippen molar-refractivity contribution in [3.63, 3.8) is 0 Å². The van der Waals surface area contributed by atoms with E-state index in [1.807, 2.05) is 0 Å². The summed E-state index contributed by atoms with van der Waals surface area (Å²) in [5.74, 6) is 0. The van der Waals surface area contributed by atoms with Gasteiger partial charge in [-0.1, -0.05) is 0 Å². The highest BCUT2D eigenvalue weighted by atomic mass is 15.3. The SMILES string of the molecule is CN1CCC(CN)(N2CCC(N(C)C)C2)CC1. The largest absolute Gasteiger partial charge is 0.329 e. The Morgan fingerprint density at radius 2 is 1.88 bits per heavy atom. The van der Waals surface area contributed by atoms with Crippen molar-refractivity contribution in [2.45, 2.75) is 30.8 Å². The summed E-state index contributed by atoms with van der Waals surface area (Å²) in [7, 11) is 6.60. The molecule has 0 bridgehead atoms. The number of piperidine rings is 1. The number of rotatable bonds is 3. The van der Waals surface area contributed by atoms with Crippen molar-refractivity contribution >= 4 is 0 Å². The standard InChI is InChI=1S/C13H28N4/c1-15(2)12-4-7-17(10-12)13(11-14)5-8-16(3)9-6-13/h12H,4-11,14H2,1-3H3. The molecular formula is C13H28N4. The van der Waals surface area contributed by atoms with Crippen LogP contribution >= 0.6 is 0 Å². The topological polar surface area (TPSA) is 35.7 Å². The molecule has 17 heavy (non-hydrogen) atoms.